The molecule has 0 aromatic rings. The van der Waals surface area contributed by atoms with Gasteiger partial charge in [0.25, 0.3) is 0 Å². The summed E-state index contributed by atoms with van der Waals surface area (Å²) < 4.78 is 0. The molecule has 0 radical (unpaired) electrons. The Morgan fingerprint density at radius 1 is 1.55 bits per heavy atom. The number of hydrogen-bond acceptors (Lipinski definition) is 3. The van der Waals surface area contributed by atoms with Crippen molar-refractivity contribution in [2.24, 2.45) is 5.92 Å². The Kier molecular flexibility index (Phi) is 3.34. The van der Waals surface area contributed by atoms with Crippen molar-refractivity contribution >= 4 is 0 Å². The van der Waals surface area contributed by atoms with E-state index in [1.807, 2.05) is 12.0 Å². The fraction of sp³-hybridized carbons (Fsp3) is 0.875. The smallest absolute Gasteiger partial charge is 0.0656 e. The minimum Gasteiger partial charge on any atom is -0.299 e. The predicted molar refractivity (Wildman–Crippen MR) is 41.5 cm³/mol. The van der Waals surface area contributed by atoms with Crippen LogP contribution < -0.4 is 0 Å². The summed E-state index contributed by atoms with van der Waals surface area (Å²) >= 11 is 0. The fourth-order valence-electron chi connectivity index (χ4n) is 1.30. The lowest BCUT2D eigenvalue weighted by molar-refractivity contribution is -0.167. The number of hydrogen-bond donors (Lipinski definition) is 0. The van der Waals surface area contributed by atoms with Gasteiger partial charge in [-0.1, -0.05) is 0 Å². The fourth-order valence-corrected chi connectivity index (χ4v) is 1.30. The van der Waals surface area contributed by atoms with Gasteiger partial charge in [-0.05, 0) is 19.8 Å². The zero-order valence-corrected chi connectivity index (χ0v) is 6.92. The largest absolute Gasteiger partial charge is 0.299 e. The van der Waals surface area contributed by atoms with Crippen LogP contribution in [0.5, 0.6) is 0 Å². The zero-order chi connectivity index (χ0) is 8.10. The van der Waals surface area contributed by atoms with Crippen molar-refractivity contribution < 1.29 is 4.84 Å². The van der Waals surface area contributed by atoms with Crippen molar-refractivity contribution in [3.63, 3.8) is 0 Å². The van der Waals surface area contributed by atoms with Crippen LogP contribution in [0.2, 0.25) is 0 Å². The molecule has 1 aliphatic rings. The summed E-state index contributed by atoms with van der Waals surface area (Å²) in [6.45, 7) is 4.53. The molecule has 0 aliphatic carbocycles. The Labute approximate surface area is 67.5 Å². The summed E-state index contributed by atoms with van der Waals surface area (Å²) in [5.41, 5.74) is 0. The highest BCUT2D eigenvalue weighted by atomic mass is 16.7. The van der Waals surface area contributed by atoms with Gasteiger partial charge in [0.05, 0.1) is 12.7 Å². The van der Waals surface area contributed by atoms with Gasteiger partial charge in [-0.3, -0.25) is 4.84 Å². The topological polar surface area (TPSA) is 36.3 Å². The highest BCUT2D eigenvalue weighted by molar-refractivity contribution is 4.85. The lowest BCUT2D eigenvalue weighted by Crippen LogP contribution is -2.33. The quantitative estimate of drug-likeness (QED) is 0.599. The maximum atomic E-state index is 8.60. The van der Waals surface area contributed by atoms with Crippen molar-refractivity contribution in [2.45, 2.75) is 19.8 Å². The molecule has 0 aromatic carbocycles. The molecule has 1 fully saturated rings. The van der Waals surface area contributed by atoms with E-state index in [9.17, 15) is 0 Å². The molecule has 62 valence electrons. The molecule has 1 saturated heterocycles. The number of rotatable bonds is 2. The molecule has 0 N–H and O–H groups in total. The van der Waals surface area contributed by atoms with Gasteiger partial charge in [-0.15, -0.1) is 0 Å². The van der Waals surface area contributed by atoms with E-state index in [0.29, 0.717) is 0 Å². The first kappa shape index (κ1) is 8.51. The van der Waals surface area contributed by atoms with E-state index in [1.54, 1.807) is 0 Å². The Morgan fingerprint density at radius 2 is 2.18 bits per heavy atom. The minimum absolute atomic E-state index is 0.256. The molecular weight excluding hydrogens is 140 g/mol. The maximum Gasteiger partial charge on any atom is 0.0656 e. The molecule has 0 aromatic heterocycles. The molecule has 0 atom stereocenters. The van der Waals surface area contributed by atoms with Crippen molar-refractivity contribution in [2.75, 3.05) is 19.7 Å². The highest BCUT2D eigenvalue weighted by Crippen LogP contribution is 2.15. The Balaban J connectivity index is 2.20. The predicted octanol–water partition coefficient (Wildman–Crippen LogP) is 1.17. The summed E-state index contributed by atoms with van der Waals surface area (Å²) in [7, 11) is 0. The average Bonchev–Trinajstić information content (AvgIpc) is 2.07. The van der Waals surface area contributed by atoms with E-state index in [-0.39, 0.29) is 5.92 Å². The third-order valence-electron chi connectivity index (χ3n) is 1.95. The van der Waals surface area contributed by atoms with Gasteiger partial charge in [0.1, 0.15) is 0 Å². The second kappa shape index (κ2) is 4.32. The first-order valence-corrected chi connectivity index (χ1v) is 4.14. The highest BCUT2D eigenvalue weighted by Gasteiger charge is 2.18. The second-order valence-corrected chi connectivity index (χ2v) is 2.75. The van der Waals surface area contributed by atoms with Crippen LogP contribution in [0, 0.1) is 17.2 Å². The van der Waals surface area contributed by atoms with E-state index >= 15 is 0 Å². The third-order valence-corrected chi connectivity index (χ3v) is 1.95. The van der Waals surface area contributed by atoms with Crippen LogP contribution in [0.25, 0.3) is 0 Å². The monoisotopic (exact) mass is 154 g/mol. The van der Waals surface area contributed by atoms with Crippen molar-refractivity contribution in [1.29, 1.82) is 5.26 Å². The molecular formula is C8H14N2O. The van der Waals surface area contributed by atoms with Gasteiger partial charge in [0.15, 0.2) is 0 Å². The standard InChI is InChI=1S/C8H14N2O/c1-2-11-10-5-3-8(7-9)4-6-10/h8H,2-6H2,1H3. The van der Waals surface area contributed by atoms with Crippen LogP contribution in [0.1, 0.15) is 19.8 Å². The summed E-state index contributed by atoms with van der Waals surface area (Å²) in [6, 6.07) is 2.28. The van der Waals surface area contributed by atoms with E-state index in [1.165, 1.54) is 0 Å². The Bertz CT molecular complexity index is 145. The lowest BCUT2D eigenvalue weighted by Gasteiger charge is -2.27. The third kappa shape index (κ3) is 2.49. The van der Waals surface area contributed by atoms with Gasteiger partial charge >= 0.3 is 0 Å². The minimum atomic E-state index is 0.256. The average molecular weight is 154 g/mol. The van der Waals surface area contributed by atoms with Crippen LogP contribution in [-0.2, 0) is 4.84 Å². The van der Waals surface area contributed by atoms with Crippen LogP contribution in [0.3, 0.4) is 0 Å². The summed E-state index contributed by atoms with van der Waals surface area (Å²) in [4.78, 5) is 5.30. The molecule has 0 amide bonds. The normalized spacial score (nSPS) is 21.5. The van der Waals surface area contributed by atoms with Crippen LogP contribution in [0.4, 0.5) is 0 Å². The van der Waals surface area contributed by atoms with Crippen molar-refractivity contribution in [3.05, 3.63) is 0 Å². The molecule has 0 spiro atoms. The van der Waals surface area contributed by atoms with Gasteiger partial charge in [0, 0.05) is 19.0 Å². The number of nitrogens with zero attached hydrogens (tertiary/aromatic N) is 2. The molecule has 3 nitrogen and oxygen atoms in total. The van der Waals surface area contributed by atoms with Crippen LogP contribution in [0.15, 0.2) is 0 Å². The van der Waals surface area contributed by atoms with Crippen molar-refractivity contribution in [1.82, 2.24) is 5.06 Å². The summed E-state index contributed by atoms with van der Waals surface area (Å²) in [5, 5.41) is 10.6. The number of nitriles is 1. The lowest BCUT2D eigenvalue weighted by atomic mass is 10.0. The molecule has 0 bridgehead atoms. The number of piperidine rings is 1. The van der Waals surface area contributed by atoms with E-state index in [4.69, 9.17) is 10.1 Å². The SMILES string of the molecule is CCON1CCC(C#N)CC1. The second-order valence-electron chi connectivity index (χ2n) is 2.75. The summed E-state index contributed by atoms with van der Waals surface area (Å²) in [6.07, 6.45) is 1.91. The molecule has 3 heteroatoms. The molecule has 1 aliphatic heterocycles. The van der Waals surface area contributed by atoms with Gasteiger partial charge in [-0.2, -0.15) is 10.3 Å². The van der Waals surface area contributed by atoms with E-state index in [2.05, 4.69) is 6.07 Å². The maximum absolute atomic E-state index is 8.60. The number of hydroxylamine groups is 2. The van der Waals surface area contributed by atoms with Gasteiger partial charge in [-0.25, -0.2) is 0 Å². The van der Waals surface area contributed by atoms with E-state index < -0.39 is 0 Å². The van der Waals surface area contributed by atoms with Gasteiger partial charge in [0.2, 0.25) is 0 Å². The first-order valence-electron chi connectivity index (χ1n) is 4.14. The molecule has 0 saturated carbocycles. The first-order chi connectivity index (χ1) is 5.36. The van der Waals surface area contributed by atoms with E-state index in [0.717, 1.165) is 32.5 Å². The summed E-state index contributed by atoms with van der Waals surface area (Å²) in [5.74, 6) is 0.256. The van der Waals surface area contributed by atoms with Gasteiger partial charge < -0.3 is 0 Å². The Hall–Kier alpha value is -0.590. The zero-order valence-electron chi connectivity index (χ0n) is 6.92. The molecule has 1 heterocycles. The molecule has 0 unspecified atom stereocenters. The van der Waals surface area contributed by atoms with Crippen LogP contribution >= 0.6 is 0 Å². The van der Waals surface area contributed by atoms with Crippen LogP contribution in [-0.4, -0.2) is 24.8 Å². The Morgan fingerprint density at radius 3 is 2.64 bits per heavy atom. The molecule has 11 heavy (non-hydrogen) atoms. The van der Waals surface area contributed by atoms with Crippen molar-refractivity contribution in [3.8, 4) is 6.07 Å². The molecule has 1 rings (SSSR count).